The molecule has 66 heavy (non-hydrogen) atoms. The van der Waals surface area contributed by atoms with Gasteiger partial charge in [0.15, 0.2) is 0 Å². The van der Waals surface area contributed by atoms with Gasteiger partial charge in [0.2, 0.25) is 5.91 Å². The Kier molecular flexibility index (Phi) is 14.6. The van der Waals surface area contributed by atoms with Gasteiger partial charge in [0, 0.05) is 56.4 Å². The van der Waals surface area contributed by atoms with Crippen molar-refractivity contribution < 1.29 is 4.79 Å². The first-order valence-electron chi connectivity index (χ1n) is 24.4. The van der Waals surface area contributed by atoms with Gasteiger partial charge in [-0.3, -0.25) is 4.79 Å². The molecule has 6 heteroatoms. The van der Waals surface area contributed by atoms with Crippen LogP contribution in [-0.2, 0) is 4.79 Å². The maximum Gasteiger partial charge on any atom is 0.224 e. The predicted molar refractivity (Wildman–Crippen MR) is 280 cm³/mol. The quantitative estimate of drug-likeness (QED) is 0.0708. The van der Waals surface area contributed by atoms with Crippen molar-refractivity contribution in [1.29, 1.82) is 0 Å². The Morgan fingerprint density at radius 1 is 0.394 bits per heavy atom. The van der Waals surface area contributed by atoms with Gasteiger partial charge in [-0.05, 0) is 89.4 Å². The highest BCUT2D eigenvalue weighted by Gasteiger charge is 2.19. The van der Waals surface area contributed by atoms with Crippen LogP contribution in [0, 0.1) is 0 Å². The SMILES string of the molecule is CCCCCCCCCCCCCCCC(=O)Nc1ccc(-c2c3nc(c(-c4ccccc4)c4ccc([nH]4)c(-c4ccccc4)c4nc(c(-c5ccccc5)c5ccc2[nH]5)C=C4)C=C3)cc1. The van der Waals surface area contributed by atoms with Crippen LogP contribution in [0.5, 0.6) is 0 Å². The summed E-state index contributed by atoms with van der Waals surface area (Å²) in [6, 6.07) is 48.3. The number of hydrogen-bond donors (Lipinski definition) is 3. The molecule has 0 atom stereocenters. The molecule has 0 unspecified atom stereocenters. The number of unbranched alkanes of at least 4 members (excludes halogenated alkanes) is 12. The van der Waals surface area contributed by atoms with Crippen molar-refractivity contribution in [1.82, 2.24) is 19.9 Å². The van der Waals surface area contributed by atoms with Gasteiger partial charge in [0.05, 0.1) is 22.8 Å². The van der Waals surface area contributed by atoms with Gasteiger partial charge in [-0.15, -0.1) is 0 Å². The van der Waals surface area contributed by atoms with Crippen LogP contribution in [0.2, 0.25) is 0 Å². The van der Waals surface area contributed by atoms with Crippen LogP contribution in [0.15, 0.2) is 140 Å². The van der Waals surface area contributed by atoms with E-state index in [-0.39, 0.29) is 5.91 Å². The van der Waals surface area contributed by atoms with Crippen molar-refractivity contribution in [3.63, 3.8) is 0 Å². The Hall–Kier alpha value is -7.05. The monoisotopic (exact) mass is 867 g/mol. The Morgan fingerprint density at radius 2 is 0.712 bits per heavy atom. The van der Waals surface area contributed by atoms with E-state index in [9.17, 15) is 4.79 Å². The number of aromatic amines is 2. The molecule has 4 aromatic carbocycles. The highest BCUT2D eigenvalue weighted by atomic mass is 16.1. The fraction of sp³-hybridized carbons (Fsp3) is 0.250. The third-order valence-electron chi connectivity index (χ3n) is 12.9. The standard InChI is InChI=1S/C60H61N5O/c1-2-3-4-5-6-7-8-9-10-11-12-13-23-30-56(66)61-47-33-31-46(32-34-47)60-54-41-39-52(64-54)58(44-26-19-15-20-27-44)50-37-35-48(62-50)57(43-24-17-14-18-25-43)49-36-38-51(63-49)59(45-28-21-16-22-29-45)53-40-42-55(60)65-53/h14-22,24-29,31-42,62,65H,2-13,23,30H2,1H3,(H,61,66). The molecule has 2 aliphatic rings. The number of carbonyl (C=O) groups excluding carboxylic acids is 1. The van der Waals surface area contributed by atoms with Crippen LogP contribution in [0.4, 0.5) is 5.69 Å². The zero-order chi connectivity index (χ0) is 44.9. The molecule has 3 N–H and O–H groups in total. The Bertz CT molecular complexity index is 2920. The molecule has 0 saturated heterocycles. The maximum absolute atomic E-state index is 13.1. The summed E-state index contributed by atoms with van der Waals surface area (Å²) in [5, 5.41) is 3.17. The molecule has 0 aliphatic carbocycles. The zero-order valence-electron chi connectivity index (χ0n) is 38.3. The third-order valence-corrected chi connectivity index (χ3v) is 12.9. The average molecular weight is 868 g/mol. The molecule has 0 spiro atoms. The minimum atomic E-state index is 0.0673. The first-order valence-corrected chi connectivity index (χ1v) is 24.4. The predicted octanol–water partition coefficient (Wildman–Crippen LogP) is 16.7. The topological polar surface area (TPSA) is 86.5 Å². The molecule has 5 heterocycles. The van der Waals surface area contributed by atoms with Crippen molar-refractivity contribution in [3.05, 3.63) is 162 Å². The van der Waals surface area contributed by atoms with E-state index < -0.39 is 0 Å². The maximum atomic E-state index is 13.1. The lowest BCUT2D eigenvalue weighted by Crippen LogP contribution is -2.10. The number of H-pyrrole nitrogens is 2. The minimum Gasteiger partial charge on any atom is -0.354 e. The van der Waals surface area contributed by atoms with E-state index >= 15 is 0 Å². The zero-order valence-corrected chi connectivity index (χ0v) is 38.3. The van der Waals surface area contributed by atoms with Crippen LogP contribution in [0.3, 0.4) is 0 Å². The number of nitrogens with one attached hydrogen (secondary N) is 3. The molecule has 2 aliphatic heterocycles. The van der Waals surface area contributed by atoms with Crippen molar-refractivity contribution >= 4 is 58.0 Å². The summed E-state index contributed by atoms with van der Waals surface area (Å²) in [7, 11) is 0. The molecular weight excluding hydrogens is 807 g/mol. The largest absolute Gasteiger partial charge is 0.354 e. The average Bonchev–Trinajstić information content (AvgIpc) is 4.21. The number of hydrogen-bond acceptors (Lipinski definition) is 3. The summed E-state index contributed by atoms with van der Waals surface area (Å²) in [5.41, 5.74) is 16.3. The van der Waals surface area contributed by atoms with Crippen LogP contribution in [-0.4, -0.2) is 25.8 Å². The molecule has 0 saturated carbocycles. The van der Waals surface area contributed by atoms with E-state index in [1.807, 2.05) is 30.3 Å². The highest BCUT2D eigenvalue weighted by molar-refractivity contribution is 6.00. The smallest absolute Gasteiger partial charge is 0.224 e. The molecule has 332 valence electrons. The Labute approximate surface area is 390 Å². The van der Waals surface area contributed by atoms with Crippen LogP contribution >= 0.6 is 0 Å². The highest BCUT2D eigenvalue weighted by Crippen LogP contribution is 2.38. The number of carbonyl (C=O) groups is 1. The van der Waals surface area contributed by atoms with Gasteiger partial charge >= 0.3 is 0 Å². The van der Waals surface area contributed by atoms with Gasteiger partial charge in [0.25, 0.3) is 0 Å². The van der Waals surface area contributed by atoms with Crippen molar-refractivity contribution in [2.45, 2.75) is 96.8 Å². The second-order valence-electron chi connectivity index (χ2n) is 17.7. The first-order chi connectivity index (χ1) is 32.6. The number of benzene rings is 4. The Morgan fingerprint density at radius 3 is 1.06 bits per heavy atom. The van der Waals surface area contributed by atoms with Crippen LogP contribution in [0.25, 0.3) is 90.9 Å². The van der Waals surface area contributed by atoms with Gasteiger partial charge in [-0.1, -0.05) is 187 Å². The molecule has 3 aromatic heterocycles. The third kappa shape index (κ3) is 10.6. The summed E-state index contributed by atoms with van der Waals surface area (Å²) in [6.07, 6.45) is 25.8. The van der Waals surface area contributed by atoms with Crippen LogP contribution < -0.4 is 5.32 Å². The second kappa shape index (κ2) is 21.8. The van der Waals surface area contributed by atoms with E-state index in [0.717, 1.165) is 108 Å². The summed E-state index contributed by atoms with van der Waals surface area (Å²) in [5.74, 6) is 0.0673. The second-order valence-corrected chi connectivity index (χ2v) is 17.7. The fourth-order valence-corrected chi connectivity index (χ4v) is 9.48. The molecular formula is C60H61N5O. The number of nitrogens with zero attached hydrogens (tertiary/aromatic N) is 2. The molecule has 6 nitrogen and oxygen atoms in total. The van der Waals surface area contributed by atoms with Crippen molar-refractivity contribution in [2.75, 3.05) is 5.32 Å². The van der Waals surface area contributed by atoms with Crippen molar-refractivity contribution in [2.24, 2.45) is 0 Å². The van der Waals surface area contributed by atoms with E-state index in [2.05, 4.69) is 156 Å². The first kappa shape index (κ1) is 44.2. The van der Waals surface area contributed by atoms with Gasteiger partial charge < -0.3 is 15.3 Å². The van der Waals surface area contributed by atoms with E-state index in [1.165, 1.54) is 70.6 Å². The van der Waals surface area contributed by atoms with Gasteiger partial charge in [-0.25, -0.2) is 9.97 Å². The van der Waals surface area contributed by atoms with E-state index in [1.54, 1.807) is 0 Å². The lowest BCUT2D eigenvalue weighted by atomic mass is 10.0. The number of fused-ring (bicyclic) bond motifs is 8. The molecule has 8 bridgehead atoms. The summed E-state index contributed by atoms with van der Waals surface area (Å²) in [4.78, 5) is 31.6. The molecule has 0 fully saturated rings. The normalized spacial score (nSPS) is 11.9. The molecule has 0 radical (unpaired) electrons. The fourth-order valence-electron chi connectivity index (χ4n) is 9.48. The van der Waals surface area contributed by atoms with E-state index in [0.29, 0.717) is 6.42 Å². The van der Waals surface area contributed by atoms with Gasteiger partial charge in [0.1, 0.15) is 0 Å². The number of aromatic nitrogens is 4. The van der Waals surface area contributed by atoms with E-state index in [4.69, 9.17) is 9.97 Å². The molecule has 7 aromatic rings. The lowest BCUT2D eigenvalue weighted by Gasteiger charge is -2.09. The lowest BCUT2D eigenvalue weighted by molar-refractivity contribution is -0.116. The van der Waals surface area contributed by atoms with Gasteiger partial charge in [-0.2, -0.15) is 0 Å². The molecule has 9 rings (SSSR count). The summed E-state index contributed by atoms with van der Waals surface area (Å²) < 4.78 is 0. The number of rotatable bonds is 19. The minimum absolute atomic E-state index is 0.0673. The van der Waals surface area contributed by atoms with Crippen LogP contribution in [0.1, 0.15) is 120 Å². The Balaban J connectivity index is 1.05. The molecule has 1 amide bonds. The number of anilines is 1. The number of amides is 1. The summed E-state index contributed by atoms with van der Waals surface area (Å²) >= 11 is 0. The summed E-state index contributed by atoms with van der Waals surface area (Å²) in [6.45, 7) is 2.28. The van der Waals surface area contributed by atoms with Crippen molar-refractivity contribution in [3.8, 4) is 44.5 Å².